The number of imide groups is 2. The van der Waals surface area contributed by atoms with E-state index in [0.717, 1.165) is 16.0 Å². The number of carbonyl (C=O) groups is 6. The number of benzene rings is 2. The SMILES string of the molecule is O=C1CCC(N2C(=O)c3ccc(CCCNC(=O)c4ccc5c(c4)CCC5=O)cc3C2=O)C(=O)N1. The second kappa shape index (κ2) is 8.90. The van der Waals surface area contributed by atoms with Crippen LogP contribution < -0.4 is 10.6 Å². The summed E-state index contributed by atoms with van der Waals surface area (Å²) in [7, 11) is 0. The molecular weight excluding hydrogens is 450 g/mol. The fourth-order valence-electron chi connectivity index (χ4n) is 4.87. The highest BCUT2D eigenvalue weighted by molar-refractivity contribution is 6.23. The Morgan fingerprint density at radius 1 is 0.914 bits per heavy atom. The van der Waals surface area contributed by atoms with Crippen LogP contribution in [0.1, 0.15) is 78.2 Å². The van der Waals surface area contributed by atoms with Crippen molar-refractivity contribution in [2.45, 2.75) is 44.6 Å². The minimum Gasteiger partial charge on any atom is -0.352 e. The second-order valence-electron chi connectivity index (χ2n) is 8.98. The summed E-state index contributed by atoms with van der Waals surface area (Å²) >= 11 is 0. The monoisotopic (exact) mass is 473 g/mol. The Balaban J connectivity index is 1.18. The van der Waals surface area contributed by atoms with Crippen LogP contribution in [0.4, 0.5) is 0 Å². The molecule has 0 radical (unpaired) electrons. The molecule has 1 atom stereocenters. The first-order valence-corrected chi connectivity index (χ1v) is 11.6. The molecule has 178 valence electrons. The van der Waals surface area contributed by atoms with Crippen LogP contribution in [0.15, 0.2) is 36.4 Å². The molecule has 0 bridgehead atoms. The first-order valence-electron chi connectivity index (χ1n) is 11.6. The number of hydrogen-bond acceptors (Lipinski definition) is 6. The molecule has 3 aliphatic rings. The van der Waals surface area contributed by atoms with Gasteiger partial charge in [0.25, 0.3) is 17.7 Å². The summed E-state index contributed by atoms with van der Waals surface area (Å²) < 4.78 is 0. The van der Waals surface area contributed by atoms with E-state index in [2.05, 4.69) is 10.6 Å². The Bertz CT molecular complexity index is 1310. The second-order valence-corrected chi connectivity index (χ2v) is 8.98. The lowest BCUT2D eigenvalue weighted by Gasteiger charge is -2.27. The molecule has 9 heteroatoms. The van der Waals surface area contributed by atoms with Gasteiger partial charge in [0.15, 0.2) is 5.78 Å². The molecule has 1 unspecified atom stereocenters. The standard InChI is InChI=1S/C26H23N3O6/c30-21-9-5-15-13-16(4-7-17(15)21)23(32)27-11-1-2-14-3-6-18-19(12-14)26(35)29(25(18)34)20-8-10-22(31)28-24(20)33/h3-4,6-7,12-13,20H,1-2,5,8-11H2,(H,27,32)(H,28,31,33). The van der Waals surface area contributed by atoms with Crippen LogP contribution in [0.25, 0.3) is 0 Å². The largest absolute Gasteiger partial charge is 0.352 e. The number of Topliss-reactive ketones (excluding diaryl/α,β-unsaturated/α-hetero) is 1. The Hall–Kier alpha value is -4.14. The van der Waals surface area contributed by atoms with E-state index < -0.39 is 29.7 Å². The quantitative estimate of drug-likeness (QED) is 0.484. The molecule has 1 fully saturated rings. The van der Waals surface area contributed by atoms with E-state index in [4.69, 9.17) is 0 Å². The number of nitrogens with one attached hydrogen (secondary N) is 2. The first kappa shape index (κ1) is 22.6. The van der Waals surface area contributed by atoms with Gasteiger partial charge in [0.2, 0.25) is 11.8 Å². The Kier molecular flexibility index (Phi) is 5.76. The molecule has 5 rings (SSSR count). The molecule has 2 heterocycles. The van der Waals surface area contributed by atoms with Crippen molar-refractivity contribution < 1.29 is 28.8 Å². The first-order chi connectivity index (χ1) is 16.8. The third-order valence-electron chi connectivity index (χ3n) is 6.72. The van der Waals surface area contributed by atoms with Gasteiger partial charge in [-0.3, -0.25) is 39.0 Å². The number of rotatable bonds is 6. The molecule has 2 N–H and O–H groups in total. The molecule has 5 amide bonds. The van der Waals surface area contributed by atoms with Gasteiger partial charge in [-0.25, -0.2) is 0 Å². The van der Waals surface area contributed by atoms with Crippen LogP contribution >= 0.6 is 0 Å². The summed E-state index contributed by atoms with van der Waals surface area (Å²) in [5.74, 6) is -2.22. The van der Waals surface area contributed by atoms with Crippen LogP contribution in [-0.4, -0.2) is 52.8 Å². The van der Waals surface area contributed by atoms with E-state index in [1.165, 1.54) is 0 Å². The van der Waals surface area contributed by atoms with Gasteiger partial charge >= 0.3 is 0 Å². The lowest BCUT2D eigenvalue weighted by Crippen LogP contribution is -2.54. The van der Waals surface area contributed by atoms with Crippen molar-refractivity contribution in [1.82, 2.24) is 15.5 Å². The highest BCUT2D eigenvalue weighted by Gasteiger charge is 2.44. The summed E-state index contributed by atoms with van der Waals surface area (Å²) in [5, 5.41) is 5.05. The summed E-state index contributed by atoms with van der Waals surface area (Å²) in [4.78, 5) is 74.4. The summed E-state index contributed by atoms with van der Waals surface area (Å²) in [6, 6.07) is 9.15. The van der Waals surface area contributed by atoms with Gasteiger partial charge < -0.3 is 5.32 Å². The maximum absolute atomic E-state index is 12.9. The Morgan fingerprint density at radius 3 is 2.49 bits per heavy atom. The van der Waals surface area contributed by atoms with Gasteiger partial charge in [-0.05, 0) is 61.1 Å². The van der Waals surface area contributed by atoms with Gasteiger partial charge in [-0.2, -0.15) is 0 Å². The van der Waals surface area contributed by atoms with Crippen molar-refractivity contribution >= 4 is 35.3 Å². The minimum absolute atomic E-state index is 0.0738. The van der Waals surface area contributed by atoms with E-state index in [1.807, 2.05) is 0 Å². The van der Waals surface area contributed by atoms with Gasteiger partial charge in [-0.1, -0.05) is 12.1 Å². The lowest BCUT2D eigenvalue weighted by atomic mass is 10.0. The van der Waals surface area contributed by atoms with E-state index in [0.29, 0.717) is 43.4 Å². The molecule has 0 saturated carbocycles. The molecule has 1 saturated heterocycles. The van der Waals surface area contributed by atoms with Gasteiger partial charge in [0, 0.05) is 30.5 Å². The zero-order valence-corrected chi connectivity index (χ0v) is 18.9. The maximum atomic E-state index is 12.9. The molecule has 2 aromatic rings. The number of nitrogens with zero attached hydrogens (tertiary/aromatic N) is 1. The molecule has 2 aromatic carbocycles. The van der Waals surface area contributed by atoms with Gasteiger partial charge in [0.1, 0.15) is 6.04 Å². The Morgan fingerprint density at radius 2 is 1.69 bits per heavy atom. The Labute approximate surface area is 200 Å². The smallest absolute Gasteiger partial charge is 0.262 e. The average Bonchev–Trinajstić information content (AvgIpc) is 3.33. The minimum atomic E-state index is -0.990. The van der Waals surface area contributed by atoms with Gasteiger partial charge in [-0.15, -0.1) is 0 Å². The number of piperidine rings is 1. The van der Waals surface area contributed by atoms with Crippen LogP contribution in [-0.2, 0) is 22.4 Å². The van der Waals surface area contributed by atoms with Crippen molar-refractivity contribution in [2.75, 3.05) is 6.54 Å². The average molecular weight is 473 g/mol. The number of ketones is 1. The normalized spacial score (nSPS) is 19.0. The predicted molar refractivity (Wildman–Crippen MR) is 123 cm³/mol. The summed E-state index contributed by atoms with van der Waals surface area (Å²) in [6.45, 7) is 0.418. The fourth-order valence-corrected chi connectivity index (χ4v) is 4.87. The number of amides is 5. The number of carbonyl (C=O) groups excluding carboxylic acids is 6. The molecule has 2 aliphatic heterocycles. The summed E-state index contributed by atoms with van der Waals surface area (Å²) in [6.07, 6.45) is 2.53. The highest BCUT2D eigenvalue weighted by atomic mass is 16.2. The van der Waals surface area contributed by atoms with Crippen molar-refractivity contribution in [3.05, 3.63) is 69.8 Å². The van der Waals surface area contributed by atoms with Crippen molar-refractivity contribution in [3.63, 3.8) is 0 Å². The zero-order valence-electron chi connectivity index (χ0n) is 18.9. The van der Waals surface area contributed by atoms with Crippen molar-refractivity contribution in [2.24, 2.45) is 0 Å². The third kappa shape index (κ3) is 4.14. The van der Waals surface area contributed by atoms with Crippen molar-refractivity contribution in [1.29, 1.82) is 0 Å². The van der Waals surface area contributed by atoms with E-state index >= 15 is 0 Å². The fraction of sp³-hybridized carbons (Fsp3) is 0.308. The molecule has 35 heavy (non-hydrogen) atoms. The van der Waals surface area contributed by atoms with E-state index in [1.54, 1.807) is 36.4 Å². The zero-order chi connectivity index (χ0) is 24.7. The number of hydrogen-bond donors (Lipinski definition) is 2. The van der Waals surface area contributed by atoms with Crippen LogP contribution in [0.2, 0.25) is 0 Å². The van der Waals surface area contributed by atoms with Crippen LogP contribution in [0, 0.1) is 0 Å². The predicted octanol–water partition coefficient (Wildman–Crippen LogP) is 1.58. The van der Waals surface area contributed by atoms with Crippen LogP contribution in [0.5, 0.6) is 0 Å². The molecule has 9 nitrogen and oxygen atoms in total. The maximum Gasteiger partial charge on any atom is 0.262 e. The molecular formula is C26H23N3O6. The topological polar surface area (TPSA) is 130 Å². The molecule has 0 aromatic heterocycles. The number of aryl methyl sites for hydroxylation is 2. The van der Waals surface area contributed by atoms with Gasteiger partial charge in [0.05, 0.1) is 11.1 Å². The van der Waals surface area contributed by atoms with Crippen LogP contribution in [0.3, 0.4) is 0 Å². The van der Waals surface area contributed by atoms with E-state index in [-0.39, 0.29) is 35.7 Å². The number of fused-ring (bicyclic) bond motifs is 2. The molecule has 0 spiro atoms. The summed E-state index contributed by atoms with van der Waals surface area (Å²) in [5.41, 5.74) is 3.45. The lowest BCUT2D eigenvalue weighted by molar-refractivity contribution is -0.136. The third-order valence-corrected chi connectivity index (χ3v) is 6.72. The van der Waals surface area contributed by atoms with Crippen molar-refractivity contribution in [3.8, 4) is 0 Å². The van der Waals surface area contributed by atoms with E-state index in [9.17, 15) is 28.8 Å². The molecule has 1 aliphatic carbocycles. The highest BCUT2D eigenvalue weighted by Crippen LogP contribution is 2.28.